The van der Waals surface area contributed by atoms with E-state index in [1.807, 2.05) is 12.1 Å². The Bertz CT molecular complexity index is 497. The second-order valence-corrected chi connectivity index (χ2v) is 5.41. The minimum Gasteiger partial charge on any atom is -0.467 e. The molecule has 0 aromatic heterocycles. The quantitative estimate of drug-likeness (QED) is 0.839. The van der Waals surface area contributed by atoms with E-state index >= 15 is 0 Å². The van der Waals surface area contributed by atoms with E-state index in [1.165, 1.54) is 7.11 Å². The van der Waals surface area contributed by atoms with Gasteiger partial charge in [-0.1, -0.05) is 23.7 Å². The highest BCUT2D eigenvalue weighted by Crippen LogP contribution is 2.14. The Hall–Kier alpha value is -1.59. The highest BCUT2D eigenvalue weighted by molar-refractivity contribution is 6.30. The third kappa shape index (κ3) is 4.44. The van der Waals surface area contributed by atoms with E-state index in [4.69, 9.17) is 21.1 Å². The first kappa shape index (κ1) is 15.8. The van der Waals surface area contributed by atoms with Gasteiger partial charge in [0.2, 0.25) is 5.91 Å². The number of amides is 1. The highest BCUT2D eigenvalue weighted by Gasteiger charge is 2.28. The van der Waals surface area contributed by atoms with E-state index in [0.717, 1.165) is 5.56 Å². The summed E-state index contributed by atoms with van der Waals surface area (Å²) < 4.78 is 9.95. The van der Waals surface area contributed by atoms with Crippen molar-refractivity contribution in [1.82, 2.24) is 5.32 Å². The van der Waals surface area contributed by atoms with Crippen LogP contribution in [0.4, 0.5) is 0 Å². The largest absolute Gasteiger partial charge is 0.467 e. The average Bonchev–Trinajstić information content (AvgIpc) is 3.02. The first-order valence-electron chi connectivity index (χ1n) is 6.80. The zero-order valence-electron chi connectivity index (χ0n) is 11.8. The number of ether oxygens (including phenoxy) is 2. The van der Waals surface area contributed by atoms with Crippen LogP contribution in [0.2, 0.25) is 5.02 Å². The minimum absolute atomic E-state index is 0.170. The molecule has 2 rings (SSSR count). The lowest BCUT2D eigenvalue weighted by Crippen LogP contribution is -2.45. The van der Waals surface area contributed by atoms with E-state index < -0.39 is 12.0 Å². The molecule has 2 atom stereocenters. The molecule has 5 nitrogen and oxygen atoms in total. The van der Waals surface area contributed by atoms with Crippen LogP contribution in [0.1, 0.15) is 12.0 Å². The van der Waals surface area contributed by atoms with E-state index in [-0.39, 0.29) is 11.8 Å². The van der Waals surface area contributed by atoms with Gasteiger partial charge in [-0.15, -0.1) is 0 Å². The van der Waals surface area contributed by atoms with Crippen LogP contribution < -0.4 is 5.32 Å². The molecule has 114 valence electrons. The van der Waals surface area contributed by atoms with Crippen molar-refractivity contribution in [3.8, 4) is 0 Å². The lowest BCUT2D eigenvalue weighted by Gasteiger charge is -2.18. The van der Waals surface area contributed by atoms with Gasteiger partial charge in [-0.3, -0.25) is 4.79 Å². The SMILES string of the molecule is COC(=O)[C@@H](Cc1ccc(Cl)cc1)NC(=O)[C@H]1CCOC1. The fourth-order valence-electron chi connectivity index (χ4n) is 2.22. The third-order valence-electron chi connectivity index (χ3n) is 3.46. The number of hydrogen-bond donors (Lipinski definition) is 1. The molecule has 1 N–H and O–H groups in total. The van der Waals surface area contributed by atoms with E-state index in [2.05, 4.69) is 5.32 Å². The summed E-state index contributed by atoms with van der Waals surface area (Å²) in [4.78, 5) is 23.9. The second-order valence-electron chi connectivity index (χ2n) is 4.98. The van der Waals surface area contributed by atoms with Gasteiger partial charge in [-0.05, 0) is 24.1 Å². The number of carbonyl (C=O) groups excluding carboxylic acids is 2. The van der Waals surface area contributed by atoms with Gasteiger partial charge >= 0.3 is 5.97 Å². The number of hydrogen-bond acceptors (Lipinski definition) is 4. The molecular formula is C15H18ClNO4. The van der Waals surface area contributed by atoms with Gasteiger partial charge in [0.1, 0.15) is 6.04 Å². The summed E-state index contributed by atoms with van der Waals surface area (Å²) >= 11 is 5.83. The molecule has 0 unspecified atom stereocenters. The zero-order chi connectivity index (χ0) is 15.2. The van der Waals surface area contributed by atoms with Crippen molar-refractivity contribution >= 4 is 23.5 Å². The van der Waals surface area contributed by atoms with Crippen LogP contribution in [-0.2, 0) is 25.5 Å². The van der Waals surface area contributed by atoms with Gasteiger partial charge < -0.3 is 14.8 Å². The maximum absolute atomic E-state index is 12.1. The number of rotatable bonds is 5. The van der Waals surface area contributed by atoms with Gasteiger partial charge in [0.15, 0.2) is 0 Å². The van der Waals surface area contributed by atoms with Crippen molar-refractivity contribution < 1.29 is 19.1 Å². The molecule has 1 aromatic rings. The number of methoxy groups -OCH3 is 1. The Balaban J connectivity index is 2.01. The van der Waals surface area contributed by atoms with Crippen molar-refractivity contribution in [2.75, 3.05) is 20.3 Å². The predicted molar refractivity (Wildman–Crippen MR) is 78.0 cm³/mol. The van der Waals surface area contributed by atoms with Crippen molar-refractivity contribution in [2.45, 2.75) is 18.9 Å². The third-order valence-corrected chi connectivity index (χ3v) is 3.71. The van der Waals surface area contributed by atoms with Gasteiger partial charge in [-0.2, -0.15) is 0 Å². The molecule has 6 heteroatoms. The number of halogens is 1. The van der Waals surface area contributed by atoms with Crippen molar-refractivity contribution in [3.05, 3.63) is 34.9 Å². The molecule has 1 fully saturated rings. The lowest BCUT2D eigenvalue weighted by molar-refractivity contribution is -0.145. The van der Waals surface area contributed by atoms with Gasteiger partial charge in [0, 0.05) is 18.1 Å². The first-order chi connectivity index (χ1) is 10.1. The Labute approximate surface area is 128 Å². The molecule has 1 aliphatic heterocycles. The molecule has 1 aliphatic rings. The number of carbonyl (C=O) groups is 2. The van der Waals surface area contributed by atoms with Crippen LogP contribution in [0.5, 0.6) is 0 Å². The average molecular weight is 312 g/mol. The van der Waals surface area contributed by atoms with Gasteiger partial charge in [0.05, 0.1) is 19.6 Å². The van der Waals surface area contributed by atoms with Crippen molar-refractivity contribution in [3.63, 3.8) is 0 Å². The molecule has 1 aromatic carbocycles. The normalized spacial score (nSPS) is 19.0. The molecule has 0 aliphatic carbocycles. The molecule has 0 spiro atoms. The first-order valence-corrected chi connectivity index (χ1v) is 7.18. The Morgan fingerprint density at radius 2 is 2.14 bits per heavy atom. The van der Waals surface area contributed by atoms with Crippen LogP contribution >= 0.6 is 11.6 Å². The molecular weight excluding hydrogens is 294 g/mol. The molecule has 1 saturated heterocycles. The summed E-state index contributed by atoms with van der Waals surface area (Å²) in [6.45, 7) is 0.985. The molecule has 1 amide bonds. The topological polar surface area (TPSA) is 64.6 Å². The van der Waals surface area contributed by atoms with Crippen LogP contribution in [-0.4, -0.2) is 38.2 Å². The van der Waals surface area contributed by atoms with Crippen molar-refractivity contribution in [1.29, 1.82) is 0 Å². The smallest absolute Gasteiger partial charge is 0.328 e. The van der Waals surface area contributed by atoms with Crippen LogP contribution in [0.25, 0.3) is 0 Å². The van der Waals surface area contributed by atoms with E-state index in [9.17, 15) is 9.59 Å². The number of benzene rings is 1. The molecule has 0 radical (unpaired) electrons. The molecule has 0 bridgehead atoms. The lowest BCUT2D eigenvalue weighted by atomic mass is 10.0. The Kier molecular flexibility index (Phi) is 5.59. The summed E-state index contributed by atoms with van der Waals surface area (Å²) in [5.41, 5.74) is 0.901. The number of esters is 1. The van der Waals surface area contributed by atoms with Crippen molar-refractivity contribution in [2.24, 2.45) is 5.92 Å². The fraction of sp³-hybridized carbons (Fsp3) is 0.467. The summed E-state index contributed by atoms with van der Waals surface area (Å²) in [6.07, 6.45) is 1.05. The fourth-order valence-corrected chi connectivity index (χ4v) is 2.35. The summed E-state index contributed by atoms with van der Waals surface area (Å²) in [6, 6.07) is 6.44. The Morgan fingerprint density at radius 1 is 1.43 bits per heavy atom. The zero-order valence-corrected chi connectivity index (χ0v) is 12.6. The van der Waals surface area contributed by atoms with Crippen LogP contribution in [0, 0.1) is 5.92 Å². The maximum Gasteiger partial charge on any atom is 0.328 e. The second kappa shape index (κ2) is 7.43. The Morgan fingerprint density at radius 3 is 2.71 bits per heavy atom. The maximum atomic E-state index is 12.1. The van der Waals surface area contributed by atoms with Crippen LogP contribution in [0.15, 0.2) is 24.3 Å². The van der Waals surface area contributed by atoms with E-state index in [0.29, 0.717) is 31.1 Å². The standard InChI is InChI=1S/C15H18ClNO4/c1-20-15(19)13(8-10-2-4-12(16)5-3-10)17-14(18)11-6-7-21-9-11/h2-5,11,13H,6-9H2,1H3,(H,17,18)/t11-,13+/m0/s1. The number of nitrogens with one attached hydrogen (secondary N) is 1. The van der Waals surface area contributed by atoms with Crippen LogP contribution in [0.3, 0.4) is 0 Å². The van der Waals surface area contributed by atoms with Gasteiger partial charge in [0.25, 0.3) is 0 Å². The minimum atomic E-state index is -0.704. The summed E-state index contributed by atoms with van der Waals surface area (Å²) in [5, 5.41) is 3.37. The van der Waals surface area contributed by atoms with Gasteiger partial charge in [-0.25, -0.2) is 4.79 Å². The predicted octanol–water partition coefficient (Wildman–Crippen LogP) is 1.58. The summed E-state index contributed by atoms with van der Waals surface area (Å²) in [7, 11) is 1.31. The summed E-state index contributed by atoms with van der Waals surface area (Å²) in [5.74, 6) is -0.823. The van der Waals surface area contributed by atoms with E-state index in [1.54, 1.807) is 12.1 Å². The molecule has 21 heavy (non-hydrogen) atoms. The molecule has 1 heterocycles. The molecule has 0 saturated carbocycles. The highest BCUT2D eigenvalue weighted by atomic mass is 35.5. The monoisotopic (exact) mass is 311 g/mol.